The van der Waals surface area contributed by atoms with Gasteiger partial charge in [0, 0.05) is 37.9 Å². The molecule has 0 fully saturated rings. The number of aromatic nitrogens is 3. The van der Waals surface area contributed by atoms with Gasteiger partial charge in [-0.25, -0.2) is 0 Å². The van der Waals surface area contributed by atoms with Crippen LogP contribution in [0.2, 0.25) is 17.3 Å². The average molecular weight is 855 g/mol. The van der Waals surface area contributed by atoms with Gasteiger partial charge in [-0.1, -0.05) is 66.2 Å². The van der Waals surface area contributed by atoms with Crippen LogP contribution >= 0.6 is 0 Å². The molecule has 235 valence electrons. The van der Waals surface area contributed by atoms with E-state index in [0.29, 0.717) is 34.5 Å². The molecule has 0 N–H and O–H groups in total. The Morgan fingerprint density at radius 1 is 0.809 bits per heavy atom. The monoisotopic (exact) mass is 856 g/mol. The summed E-state index contributed by atoms with van der Waals surface area (Å²) in [6.07, 6.45) is 2.04. The number of benzene rings is 5. The number of fused-ring (bicyclic) bond motifs is 4. The minimum absolute atomic E-state index is 0. The van der Waals surface area contributed by atoms with Gasteiger partial charge in [0.2, 0.25) is 0 Å². The molecule has 4 nitrogen and oxygen atoms in total. The summed E-state index contributed by atoms with van der Waals surface area (Å²) < 4.78 is 24.5. The molecule has 0 saturated carbocycles. The summed E-state index contributed by atoms with van der Waals surface area (Å²) in [4.78, 5) is 9.41. The predicted molar refractivity (Wildman–Crippen MR) is 188 cm³/mol. The molecule has 0 spiro atoms. The molecule has 0 saturated heterocycles. The molecule has 7 heteroatoms. The molecule has 47 heavy (non-hydrogen) atoms. The van der Waals surface area contributed by atoms with Gasteiger partial charge in [-0.3, -0.25) is 9.37 Å². The van der Waals surface area contributed by atoms with Gasteiger partial charge < -0.3 is 8.98 Å². The van der Waals surface area contributed by atoms with Gasteiger partial charge in [-0.05, 0) is 29.1 Å². The Kier molecular flexibility index (Phi) is 9.55. The van der Waals surface area contributed by atoms with Crippen molar-refractivity contribution in [2.24, 2.45) is 0 Å². The Morgan fingerprint density at radius 3 is 2.30 bits per heavy atom. The fourth-order valence-electron chi connectivity index (χ4n) is 5.64. The van der Waals surface area contributed by atoms with Crippen molar-refractivity contribution in [2.45, 2.75) is 23.8 Å². The van der Waals surface area contributed by atoms with E-state index in [0.717, 1.165) is 33.2 Å². The molecular weight excluding hydrogens is 822 g/mol. The van der Waals surface area contributed by atoms with Crippen LogP contribution in [-0.2, 0) is 26.7 Å². The molecule has 0 amide bonds. The minimum atomic E-state index is -1.72. The van der Waals surface area contributed by atoms with Gasteiger partial charge in [0.1, 0.15) is 5.58 Å². The Bertz CT molecular complexity index is 2280. The van der Waals surface area contributed by atoms with E-state index in [1.807, 2.05) is 97.2 Å². The molecule has 0 aliphatic heterocycles. The first-order chi connectivity index (χ1) is 22.4. The summed E-state index contributed by atoms with van der Waals surface area (Å²) in [5.74, 6) is 7.51. The van der Waals surface area contributed by atoms with Crippen molar-refractivity contribution in [2.75, 3.05) is 0 Å². The maximum absolute atomic E-state index is 14.8. The van der Waals surface area contributed by atoms with E-state index in [2.05, 4.69) is 63.2 Å². The smallest absolute Gasteiger partial charge is 0 e. The molecule has 3 heterocycles. The largest absolute Gasteiger partial charge is 0 e. The van der Waals surface area contributed by atoms with E-state index in [-0.39, 0.29) is 25.9 Å². The standard InChI is InChI=1S/C26H16FN2O.C14H16GeN.Ir/c27-20-15-14-19(25-24(20)18-10-4-7-13-23(18)30-25)26-28-21-11-5-6-12-22(21)29(26)16-17-8-2-1-3-9-17;1-15(2,3)13-9-10-14(16-11-13)12-7-5-4-6-8-12;/h1-13,15H,16H2;4-7,9-11H,1-3H3;/q2*-1;. The first-order valence-corrected chi connectivity index (χ1v) is 22.7. The molecule has 0 unspecified atom stereocenters. The third-order valence-electron chi connectivity index (χ3n) is 8.08. The first-order valence-electron chi connectivity index (χ1n) is 15.3. The van der Waals surface area contributed by atoms with Gasteiger partial charge in [0.15, 0.2) is 0 Å². The first kappa shape index (κ1) is 32.6. The zero-order valence-electron chi connectivity index (χ0n) is 26.3. The van der Waals surface area contributed by atoms with Crippen molar-refractivity contribution in [3.63, 3.8) is 0 Å². The molecule has 0 aliphatic rings. The third-order valence-corrected chi connectivity index (χ3v) is 12.3. The number of furan rings is 1. The van der Waals surface area contributed by atoms with Crippen molar-refractivity contribution >= 4 is 50.6 Å². The second-order valence-corrected chi connectivity index (χ2v) is 22.9. The number of halogens is 1. The Labute approximate surface area is 290 Å². The number of para-hydroxylation sites is 3. The quantitative estimate of drug-likeness (QED) is 0.128. The Balaban J connectivity index is 0.000000194. The molecule has 8 aromatic rings. The van der Waals surface area contributed by atoms with E-state index in [9.17, 15) is 4.39 Å². The van der Waals surface area contributed by atoms with Crippen LogP contribution in [0.3, 0.4) is 0 Å². The summed E-state index contributed by atoms with van der Waals surface area (Å²) in [5, 5.41) is 1.23. The maximum Gasteiger partial charge on any atom is 0 e. The SMILES string of the molecule is Fc1c[c-]c(-c2nc3ccccc3n2Cc2ccccc2)c2oc3ccccc3c12.[CH3][Ge]([CH3])([CH3])[c]1ccc(-c2[c-]cccc2)nc1.[Ir]. The summed E-state index contributed by atoms with van der Waals surface area (Å²) in [7, 11) is 0. The average Bonchev–Trinajstić information content (AvgIpc) is 3.65. The van der Waals surface area contributed by atoms with Crippen molar-refractivity contribution in [1.82, 2.24) is 14.5 Å². The van der Waals surface area contributed by atoms with Gasteiger partial charge >= 0.3 is 99.8 Å². The number of imidazole rings is 1. The second-order valence-electron chi connectivity index (χ2n) is 12.3. The van der Waals surface area contributed by atoms with Crippen LogP contribution in [0.15, 0.2) is 132 Å². The summed E-state index contributed by atoms with van der Waals surface area (Å²) in [6, 6.07) is 45.7. The minimum Gasteiger partial charge on any atom is 0 e. The van der Waals surface area contributed by atoms with E-state index in [1.54, 1.807) is 0 Å². The Morgan fingerprint density at radius 2 is 1.55 bits per heavy atom. The van der Waals surface area contributed by atoms with Crippen molar-refractivity contribution in [3.05, 3.63) is 151 Å². The van der Waals surface area contributed by atoms with E-state index in [4.69, 9.17) is 9.40 Å². The van der Waals surface area contributed by atoms with Crippen LogP contribution in [-0.4, -0.2) is 27.8 Å². The zero-order valence-corrected chi connectivity index (χ0v) is 30.8. The predicted octanol–water partition coefficient (Wildman–Crippen LogP) is 9.68. The van der Waals surface area contributed by atoms with Gasteiger partial charge in [-0.15, -0.1) is 12.1 Å². The molecule has 1 radical (unpaired) electrons. The van der Waals surface area contributed by atoms with Crippen molar-refractivity contribution in [3.8, 4) is 22.6 Å². The number of rotatable bonds is 5. The molecule has 0 atom stereocenters. The fraction of sp³-hybridized carbons (Fsp3) is 0.100. The summed E-state index contributed by atoms with van der Waals surface area (Å²) >= 11 is -1.72. The number of hydrogen-bond acceptors (Lipinski definition) is 3. The molecule has 0 aliphatic carbocycles. The van der Waals surface area contributed by atoms with Crippen LogP contribution in [0.4, 0.5) is 4.39 Å². The van der Waals surface area contributed by atoms with E-state index < -0.39 is 13.3 Å². The van der Waals surface area contributed by atoms with Crippen molar-refractivity contribution in [1.29, 1.82) is 0 Å². The van der Waals surface area contributed by atoms with Gasteiger partial charge in [0.25, 0.3) is 0 Å². The third kappa shape index (κ3) is 6.73. The molecule has 0 bridgehead atoms. The van der Waals surface area contributed by atoms with E-state index >= 15 is 0 Å². The zero-order chi connectivity index (χ0) is 31.7. The number of pyridine rings is 1. The topological polar surface area (TPSA) is 43.9 Å². The molecule has 8 rings (SSSR count). The van der Waals surface area contributed by atoms with Gasteiger partial charge in [-0.2, -0.15) is 0 Å². The summed E-state index contributed by atoms with van der Waals surface area (Å²) in [5.41, 5.74) is 6.91. The van der Waals surface area contributed by atoms with Gasteiger partial charge in [0.05, 0.1) is 22.4 Å². The van der Waals surface area contributed by atoms with E-state index in [1.165, 1.54) is 10.5 Å². The van der Waals surface area contributed by atoms with Crippen molar-refractivity contribution < 1.29 is 28.9 Å². The summed E-state index contributed by atoms with van der Waals surface area (Å²) in [6.45, 7) is 0.642. The van der Waals surface area contributed by atoms with Crippen LogP contribution in [0.25, 0.3) is 55.6 Å². The molecular formula is C40H32FGeIrN3O-2. The molecule has 5 aromatic carbocycles. The van der Waals surface area contributed by atoms with Crippen LogP contribution in [0, 0.1) is 17.9 Å². The number of nitrogens with zero attached hydrogens (tertiary/aromatic N) is 3. The second kappa shape index (κ2) is 13.8. The van der Waals surface area contributed by atoms with Crippen LogP contribution in [0.5, 0.6) is 0 Å². The fourth-order valence-corrected chi connectivity index (χ4v) is 7.81. The normalized spacial score (nSPS) is 11.3. The maximum atomic E-state index is 14.8. The molecule has 3 aromatic heterocycles. The number of hydrogen-bond donors (Lipinski definition) is 0. The van der Waals surface area contributed by atoms with Crippen LogP contribution in [0.1, 0.15) is 5.56 Å². The van der Waals surface area contributed by atoms with Crippen LogP contribution < -0.4 is 4.40 Å². The Hall–Kier alpha value is -4.36.